The highest BCUT2D eigenvalue weighted by molar-refractivity contribution is 5.41. The molecule has 4 nitrogen and oxygen atoms in total. The Balaban J connectivity index is 1.59. The molecule has 0 bridgehead atoms. The van der Waals surface area contributed by atoms with E-state index in [0.717, 1.165) is 30.2 Å². The van der Waals surface area contributed by atoms with Crippen LogP contribution in [0.25, 0.3) is 0 Å². The molecule has 0 unspecified atom stereocenters. The lowest BCUT2D eigenvalue weighted by Gasteiger charge is -2.16. The maximum Gasteiger partial charge on any atom is 0.150 e. The van der Waals surface area contributed by atoms with E-state index in [0.29, 0.717) is 6.54 Å². The summed E-state index contributed by atoms with van der Waals surface area (Å²) in [7, 11) is 0. The number of benzene rings is 1. The molecule has 1 aromatic carbocycles. The summed E-state index contributed by atoms with van der Waals surface area (Å²) >= 11 is 0. The van der Waals surface area contributed by atoms with Gasteiger partial charge in [0.15, 0.2) is 5.76 Å². The molecule has 4 heteroatoms. The standard InChI is InChI=1S/C16H20N2O2/c1-11-6-14(20-18-11)10-17-9-12-4-5-15-13(7-12)8-16(2,3)19-15/h4-7,17H,8-10H2,1-3H3. The van der Waals surface area contributed by atoms with E-state index in [-0.39, 0.29) is 5.60 Å². The molecule has 3 rings (SSSR count). The molecule has 0 saturated heterocycles. The summed E-state index contributed by atoms with van der Waals surface area (Å²) in [5, 5.41) is 7.24. The van der Waals surface area contributed by atoms with Gasteiger partial charge in [-0.2, -0.15) is 0 Å². The van der Waals surface area contributed by atoms with Crippen molar-refractivity contribution in [1.82, 2.24) is 10.5 Å². The second kappa shape index (κ2) is 4.94. The van der Waals surface area contributed by atoms with E-state index in [1.807, 2.05) is 13.0 Å². The maximum absolute atomic E-state index is 5.88. The summed E-state index contributed by atoms with van der Waals surface area (Å²) in [6.45, 7) is 7.68. The number of nitrogens with one attached hydrogen (secondary N) is 1. The zero-order chi connectivity index (χ0) is 14.2. The molecule has 0 radical (unpaired) electrons. The lowest BCUT2D eigenvalue weighted by atomic mass is 10.0. The molecular formula is C16H20N2O2. The molecule has 2 heterocycles. The van der Waals surface area contributed by atoms with Crippen molar-refractivity contribution in [3.05, 3.63) is 46.8 Å². The normalized spacial score (nSPS) is 15.9. The number of nitrogens with zero attached hydrogens (tertiary/aromatic N) is 1. The predicted octanol–water partition coefficient (Wildman–Crippen LogP) is 2.99. The van der Waals surface area contributed by atoms with Crippen molar-refractivity contribution in [2.45, 2.75) is 45.9 Å². The van der Waals surface area contributed by atoms with Gasteiger partial charge in [0.1, 0.15) is 11.4 Å². The lowest BCUT2D eigenvalue weighted by Crippen LogP contribution is -2.24. The maximum atomic E-state index is 5.88. The Hall–Kier alpha value is -1.81. The van der Waals surface area contributed by atoms with Crippen molar-refractivity contribution in [2.75, 3.05) is 0 Å². The van der Waals surface area contributed by atoms with Crippen LogP contribution in [0, 0.1) is 6.92 Å². The molecule has 106 valence electrons. The van der Waals surface area contributed by atoms with Crippen LogP contribution in [0.4, 0.5) is 0 Å². The molecule has 1 aliphatic heterocycles. The Labute approximate surface area is 119 Å². The number of hydrogen-bond acceptors (Lipinski definition) is 4. The minimum absolute atomic E-state index is 0.0776. The average Bonchev–Trinajstić information content (AvgIpc) is 2.90. The molecule has 0 aliphatic carbocycles. The summed E-state index contributed by atoms with van der Waals surface area (Å²) in [5.74, 6) is 1.89. The molecule has 0 atom stereocenters. The zero-order valence-corrected chi connectivity index (χ0v) is 12.2. The van der Waals surface area contributed by atoms with Crippen LogP contribution in [0.1, 0.15) is 36.4 Å². The van der Waals surface area contributed by atoms with Crippen LogP contribution in [0.2, 0.25) is 0 Å². The molecule has 0 spiro atoms. The van der Waals surface area contributed by atoms with Gasteiger partial charge < -0.3 is 14.6 Å². The van der Waals surface area contributed by atoms with Gasteiger partial charge in [0.25, 0.3) is 0 Å². The van der Waals surface area contributed by atoms with E-state index in [1.54, 1.807) is 0 Å². The van der Waals surface area contributed by atoms with Crippen molar-refractivity contribution in [2.24, 2.45) is 0 Å². The van der Waals surface area contributed by atoms with Gasteiger partial charge in [-0.25, -0.2) is 0 Å². The van der Waals surface area contributed by atoms with E-state index >= 15 is 0 Å². The Kier molecular flexibility index (Phi) is 3.26. The predicted molar refractivity (Wildman–Crippen MR) is 76.6 cm³/mol. The number of ether oxygens (including phenoxy) is 1. The average molecular weight is 272 g/mol. The van der Waals surface area contributed by atoms with Gasteiger partial charge in [-0.1, -0.05) is 17.3 Å². The minimum atomic E-state index is -0.0776. The summed E-state index contributed by atoms with van der Waals surface area (Å²) in [6, 6.07) is 8.35. The number of aromatic nitrogens is 1. The molecule has 1 aliphatic rings. The van der Waals surface area contributed by atoms with Crippen LogP contribution in [0.15, 0.2) is 28.8 Å². The summed E-state index contributed by atoms with van der Waals surface area (Å²) in [4.78, 5) is 0. The van der Waals surface area contributed by atoms with E-state index in [9.17, 15) is 0 Å². The Morgan fingerprint density at radius 1 is 1.25 bits per heavy atom. The first-order valence-electron chi connectivity index (χ1n) is 6.96. The minimum Gasteiger partial charge on any atom is -0.487 e. The summed E-state index contributed by atoms with van der Waals surface area (Å²) in [6.07, 6.45) is 0.970. The van der Waals surface area contributed by atoms with Gasteiger partial charge in [-0.15, -0.1) is 0 Å². The van der Waals surface area contributed by atoms with Gasteiger partial charge in [-0.3, -0.25) is 0 Å². The third-order valence-electron chi connectivity index (χ3n) is 3.43. The van der Waals surface area contributed by atoms with E-state index < -0.39 is 0 Å². The first-order chi connectivity index (χ1) is 9.52. The van der Waals surface area contributed by atoms with Crippen LogP contribution in [-0.4, -0.2) is 10.8 Å². The van der Waals surface area contributed by atoms with Gasteiger partial charge in [0.05, 0.1) is 12.2 Å². The van der Waals surface area contributed by atoms with Crippen molar-refractivity contribution < 1.29 is 9.26 Å². The molecule has 2 aromatic rings. The highest BCUT2D eigenvalue weighted by Gasteiger charge is 2.29. The lowest BCUT2D eigenvalue weighted by molar-refractivity contribution is 0.138. The van der Waals surface area contributed by atoms with Crippen molar-refractivity contribution in [3.8, 4) is 5.75 Å². The fraction of sp³-hybridized carbons (Fsp3) is 0.438. The second-order valence-corrected chi connectivity index (χ2v) is 6.02. The molecule has 0 fully saturated rings. The Morgan fingerprint density at radius 3 is 2.85 bits per heavy atom. The topological polar surface area (TPSA) is 47.3 Å². The summed E-state index contributed by atoms with van der Waals surface area (Å²) in [5.41, 5.74) is 3.40. The summed E-state index contributed by atoms with van der Waals surface area (Å²) < 4.78 is 11.1. The Morgan fingerprint density at radius 2 is 2.10 bits per heavy atom. The van der Waals surface area contributed by atoms with E-state index in [1.165, 1.54) is 11.1 Å². The van der Waals surface area contributed by atoms with Crippen LogP contribution in [-0.2, 0) is 19.5 Å². The van der Waals surface area contributed by atoms with Gasteiger partial charge >= 0.3 is 0 Å². The highest BCUT2D eigenvalue weighted by Crippen LogP contribution is 2.35. The highest BCUT2D eigenvalue weighted by atomic mass is 16.5. The van der Waals surface area contributed by atoms with Gasteiger partial charge in [-0.05, 0) is 38.0 Å². The fourth-order valence-electron chi connectivity index (χ4n) is 2.60. The van der Waals surface area contributed by atoms with Gasteiger partial charge in [0, 0.05) is 19.0 Å². The largest absolute Gasteiger partial charge is 0.487 e. The molecule has 1 aromatic heterocycles. The van der Waals surface area contributed by atoms with Crippen LogP contribution in [0.5, 0.6) is 5.75 Å². The number of fused-ring (bicyclic) bond motifs is 1. The third-order valence-corrected chi connectivity index (χ3v) is 3.43. The van der Waals surface area contributed by atoms with E-state index in [2.05, 4.69) is 42.5 Å². The molecule has 0 amide bonds. The fourth-order valence-corrected chi connectivity index (χ4v) is 2.60. The van der Waals surface area contributed by atoms with Gasteiger partial charge in [0.2, 0.25) is 0 Å². The number of aryl methyl sites for hydroxylation is 1. The quantitative estimate of drug-likeness (QED) is 0.929. The molecule has 1 N–H and O–H groups in total. The SMILES string of the molecule is Cc1cc(CNCc2ccc3c(c2)CC(C)(C)O3)on1. The van der Waals surface area contributed by atoms with Crippen molar-refractivity contribution in [3.63, 3.8) is 0 Å². The Bertz CT molecular complexity index is 617. The number of rotatable bonds is 4. The third kappa shape index (κ3) is 2.85. The van der Waals surface area contributed by atoms with Crippen LogP contribution < -0.4 is 10.1 Å². The zero-order valence-electron chi connectivity index (χ0n) is 12.2. The van der Waals surface area contributed by atoms with Crippen LogP contribution in [0.3, 0.4) is 0 Å². The first-order valence-corrected chi connectivity index (χ1v) is 6.96. The number of hydrogen-bond donors (Lipinski definition) is 1. The first kappa shape index (κ1) is 13.2. The smallest absolute Gasteiger partial charge is 0.150 e. The second-order valence-electron chi connectivity index (χ2n) is 6.02. The monoisotopic (exact) mass is 272 g/mol. The van der Waals surface area contributed by atoms with Crippen LogP contribution >= 0.6 is 0 Å². The molecular weight excluding hydrogens is 252 g/mol. The van der Waals surface area contributed by atoms with E-state index in [4.69, 9.17) is 9.26 Å². The molecule has 20 heavy (non-hydrogen) atoms. The molecule has 0 saturated carbocycles. The van der Waals surface area contributed by atoms with Crippen molar-refractivity contribution in [1.29, 1.82) is 0 Å². The van der Waals surface area contributed by atoms with Crippen molar-refractivity contribution >= 4 is 0 Å².